The number of nitrogens with zero attached hydrogens (tertiary/aromatic N) is 3. The molecule has 0 aromatic rings. The molecule has 3 heteroatoms. The summed E-state index contributed by atoms with van der Waals surface area (Å²) in [6, 6.07) is 0. The van der Waals surface area contributed by atoms with E-state index < -0.39 is 0 Å². The molecule has 2 saturated heterocycles. The van der Waals surface area contributed by atoms with Gasteiger partial charge in [0.1, 0.15) is 0 Å². The summed E-state index contributed by atoms with van der Waals surface area (Å²) in [6.45, 7) is 16.7. The molecule has 0 N–H and O–H groups in total. The highest BCUT2D eigenvalue weighted by Gasteiger charge is 2.36. The lowest BCUT2D eigenvalue weighted by Crippen LogP contribution is -2.57. The van der Waals surface area contributed by atoms with Crippen LogP contribution in [0.25, 0.3) is 0 Å². The maximum atomic E-state index is 2.65. The molecule has 0 atom stereocenters. The molecular weight excluding hydrogens is 258 g/mol. The van der Waals surface area contributed by atoms with Crippen LogP contribution in [0.15, 0.2) is 0 Å². The van der Waals surface area contributed by atoms with E-state index in [0.29, 0.717) is 0 Å². The average molecular weight is 295 g/mol. The summed E-state index contributed by atoms with van der Waals surface area (Å²) in [7, 11) is 2.28. The highest BCUT2D eigenvalue weighted by molar-refractivity contribution is 5.76. The quantitative estimate of drug-likeness (QED) is 0.501. The molecule has 0 radical (unpaired) electrons. The fourth-order valence-corrected chi connectivity index (χ4v) is 3.34. The number of likely N-dealkylation sites (tertiary alicyclic amines) is 1. The van der Waals surface area contributed by atoms with Gasteiger partial charge in [-0.15, -0.1) is 0 Å². The zero-order chi connectivity index (χ0) is 15.6. The molecular formula is C18H36N3+. The van der Waals surface area contributed by atoms with Gasteiger partial charge in [-0.1, -0.05) is 13.8 Å². The largest absolute Gasteiger partial charge is 0.350 e. The second kappa shape index (κ2) is 6.58. The van der Waals surface area contributed by atoms with E-state index in [4.69, 9.17) is 0 Å². The molecule has 2 aliphatic rings. The van der Waals surface area contributed by atoms with E-state index in [1.165, 1.54) is 57.8 Å². The summed E-state index contributed by atoms with van der Waals surface area (Å²) in [5.74, 6) is 3.27. The first kappa shape index (κ1) is 16.6. The summed E-state index contributed by atoms with van der Waals surface area (Å²) in [6.07, 6.45) is 5.36. The van der Waals surface area contributed by atoms with Gasteiger partial charge in [0.05, 0.1) is 38.8 Å². The Labute approximate surface area is 132 Å². The van der Waals surface area contributed by atoms with Crippen LogP contribution in [0, 0.1) is 11.8 Å². The third-order valence-electron chi connectivity index (χ3n) is 5.44. The Hall–Kier alpha value is -0.730. The monoisotopic (exact) mass is 294 g/mol. The summed E-state index contributed by atoms with van der Waals surface area (Å²) >= 11 is 0. The lowest BCUT2D eigenvalue weighted by atomic mass is 9.98. The molecule has 0 aromatic heterocycles. The molecule has 0 aliphatic carbocycles. The van der Waals surface area contributed by atoms with Gasteiger partial charge in [0.2, 0.25) is 0 Å². The van der Waals surface area contributed by atoms with Gasteiger partial charge >= 0.3 is 5.96 Å². The van der Waals surface area contributed by atoms with E-state index >= 15 is 0 Å². The van der Waals surface area contributed by atoms with Gasteiger partial charge < -0.3 is 0 Å². The van der Waals surface area contributed by atoms with Gasteiger partial charge in [0.15, 0.2) is 0 Å². The third-order valence-corrected chi connectivity index (χ3v) is 5.44. The first-order valence-electron chi connectivity index (χ1n) is 8.89. The summed E-state index contributed by atoms with van der Waals surface area (Å²) in [5.41, 5.74) is 0.182. The maximum Gasteiger partial charge on any atom is 0.350 e. The lowest BCUT2D eigenvalue weighted by Gasteiger charge is -2.38. The smallest absolute Gasteiger partial charge is 0.265 e. The molecule has 0 bridgehead atoms. The van der Waals surface area contributed by atoms with Gasteiger partial charge in [-0.25, -0.2) is 0 Å². The van der Waals surface area contributed by atoms with Crippen LogP contribution in [0.2, 0.25) is 0 Å². The SMILES string of the molecule is CC1CCN(C(N(C)C(C)(C)C)=[N+]2CCC(C)CC2)CC1. The second-order valence-electron chi connectivity index (χ2n) is 8.37. The van der Waals surface area contributed by atoms with Crippen molar-refractivity contribution in [3.05, 3.63) is 0 Å². The number of guanidine groups is 1. The van der Waals surface area contributed by atoms with E-state index in [9.17, 15) is 0 Å². The fraction of sp³-hybridized carbons (Fsp3) is 0.944. The minimum atomic E-state index is 0.182. The number of hydrogen-bond acceptors (Lipinski definition) is 0. The molecule has 3 nitrogen and oxygen atoms in total. The van der Waals surface area contributed by atoms with E-state index in [2.05, 4.69) is 56.0 Å². The minimum Gasteiger partial charge on any atom is -0.265 e. The summed E-state index contributed by atoms with van der Waals surface area (Å²) < 4.78 is 2.65. The van der Waals surface area contributed by atoms with Gasteiger partial charge in [0, 0.05) is 0 Å². The van der Waals surface area contributed by atoms with Crippen LogP contribution in [0.3, 0.4) is 0 Å². The molecule has 2 fully saturated rings. The van der Waals surface area contributed by atoms with Gasteiger partial charge in [-0.2, -0.15) is 0 Å². The van der Waals surface area contributed by atoms with Crippen molar-refractivity contribution in [3.63, 3.8) is 0 Å². The van der Waals surface area contributed by atoms with Crippen molar-refractivity contribution in [1.29, 1.82) is 0 Å². The minimum absolute atomic E-state index is 0.182. The molecule has 0 aromatic carbocycles. The second-order valence-corrected chi connectivity index (χ2v) is 8.37. The third kappa shape index (κ3) is 4.14. The van der Waals surface area contributed by atoms with Crippen LogP contribution in [-0.2, 0) is 0 Å². The Kier molecular flexibility index (Phi) is 5.21. The van der Waals surface area contributed by atoms with Crippen molar-refractivity contribution in [3.8, 4) is 0 Å². The first-order chi connectivity index (χ1) is 9.79. The van der Waals surface area contributed by atoms with Gasteiger partial charge in [-0.05, 0) is 58.3 Å². The van der Waals surface area contributed by atoms with Crippen LogP contribution in [0.4, 0.5) is 0 Å². The standard InChI is InChI=1S/C18H36N3/c1-15-7-11-20(12-8-15)17(19(6)18(3,4)5)21-13-9-16(2)10-14-21/h15-16H,7-14H2,1-6H3/q+1. The van der Waals surface area contributed by atoms with E-state index in [-0.39, 0.29) is 5.54 Å². The lowest BCUT2D eigenvalue weighted by molar-refractivity contribution is -0.550. The molecule has 21 heavy (non-hydrogen) atoms. The summed E-state index contributed by atoms with van der Waals surface area (Å²) in [5, 5.41) is 0. The number of piperidine rings is 2. The molecule has 0 unspecified atom stereocenters. The van der Waals surface area contributed by atoms with Crippen molar-refractivity contribution in [1.82, 2.24) is 9.80 Å². The van der Waals surface area contributed by atoms with Crippen molar-refractivity contribution in [2.45, 2.75) is 65.8 Å². The van der Waals surface area contributed by atoms with Crippen LogP contribution in [0.1, 0.15) is 60.3 Å². The molecule has 122 valence electrons. The van der Waals surface area contributed by atoms with Crippen molar-refractivity contribution in [2.75, 3.05) is 33.2 Å². The predicted octanol–water partition coefficient (Wildman–Crippen LogP) is 3.25. The van der Waals surface area contributed by atoms with Crippen molar-refractivity contribution < 1.29 is 4.58 Å². The predicted molar refractivity (Wildman–Crippen MR) is 90.9 cm³/mol. The van der Waals surface area contributed by atoms with E-state index in [0.717, 1.165) is 11.8 Å². The van der Waals surface area contributed by atoms with Crippen molar-refractivity contribution in [2.24, 2.45) is 11.8 Å². The number of hydrogen-bond donors (Lipinski definition) is 0. The highest BCUT2D eigenvalue weighted by atomic mass is 15.4. The molecule has 2 rings (SSSR count). The Morgan fingerprint density at radius 1 is 0.952 bits per heavy atom. The Morgan fingerprint density at radius 3 is 1.90 bits per heavy atom. The fourth-order valence-electron chi connectivity index (χ4n) is 3.34. The highest BCUT2D eigenvalue weighted by Crippen LogP contribution is 2.22. The van der Waals surface area contributed by atoms with Crippen LogP contribution < -0.4 is 0 Å². The van der Waals surface area contributed by atoms with Gasteiger partial charge in [-0.3, -0.25) is 14.4 Å². The molecule has 0 amide bonds. The van der Waals surface area contributed by atoms with E-state index in [1.807, 2.05) is 0 Å². The van der Waals surface area contributed by atoms with Crippen LogP contribution in [-0.4, -0.2) is 59.1 Å². The van der Waals surface area contributed by atoms with Crippen LogP contribution >= 0.6 is 0 Å². The van der Waals surface area contributed by atoms with E-state index in [1.54, 1.807) is 0 Å². The molecule has 2 heterocycles. The maximum absolute atomic E-state index is 2.65. The van der Waals surface area contributed by atoms with Crippen LogP contribution in [0.5, 0.6) is 0 Å². The van der Waals surface area contributed by atoms with Crippen molar-refractivity contribution >= 4 is 5.96 Å². The molecule has 0 spiro atoms. The summed E-state index contributed by atoms with van der Waals surface area (Å²) in [4.78, 5) is 5.17. The molecule has 2 aliphatic heterocycles. The normalized spacial score (nSPS) is 25.1. The average Bonchev–Trinajstić information content (AvgIpc) is 2.42. The topological polar surface area (TPSA) is 9.49 Å². The van der Waals surface area contributed by atoms with Gasteiger partial charge in [0.25, 0.3) is 0 Å². The Morgan fingerprint density at radius 2 is 1.43 bits per heavy atom. The Bertz CT molecular complexity index is 362. The zero-order valence-corrected chi connectivity index (χ0v) is 15.2. The Balaban J connectivity index is 2.24. The molecule has 0 saturated carbocycles. The zero-order valence-electron chi connectivity index (χ0n) is 15.2. The number of rotatable bonds is 0. The first-order valence-corrected chi connectivity index (χ1v) is 8.89.